The van der Waals surface area contributed by atoms with Crippen molar-refractivity contribution < 1.29 is 18.3 Å². The second-order valence-electron chi connectivity index (χ2n) is 5.00. The summed E-state index contributed by atoms with van der Waals surface area (Å²) < 4.78 is 30.1. The number of hydrogen-bond acceptors (Lipinski definition) is 4. The van der Waals surface area contributed by atoms with Gasteiger partial charge in [-0.2, -0.15) is 14.0 Å². The number of nitriles is 1. The first-order valence-electron chi connectivity index (χ1n) is 7.73. The van der Waals surface area contributed by atoms with Crippen LogP contribution in [0.1, 0.15) is 12.5 Å². The van der Waals surface area contributed by atoms with Crippen LogP contribution in [0.4, 0.5) is 14.5 Å². The SMILES string of the molecule is CCOc1ccccc1/C=C(\C#N)C(=O)Nc1ccc(SC(F)F)cc1. The highest BCUT2D eigenvalue weighted by Gasteiger charge is 2.12. The summed E-state index contributed by atoms with van der Waals surface area (Å²) in [5.41, 5.74) is 0.931. The van der Waals surface area contributed by atoms with Gasteiger partial charge in [-0.25, -0.2) is 0 Å². The molecular weight excluding hydrogens is 358 g/mol. The van der Waals surface area contributed by atoms with Gasteiger partial charge in [0.15, 0.2) is 0 Å². The normalized spacial score (nSPS) is 11.1. The number of ether oxygens (including phenoxy) is 1. The Bertz CT molecular complexity index is 830. The summed E-state index contributed by atoms with van der Waals surface area (Å²) in [4.78, 5) is 12.7. The van der Waals surface area contributed by atoms with Crippen molar-refractivity contribution in [1.29, 1.82) is 5.26 Å². The zero-order valence-electron chi connectivity index (χ0n) is 13.9. The van der Waals surface area contributed by atoms with Gasteiger partial charge >= 0.3 is 0 Å². The molecule has 0 aromatic heterocycles. The van der Waals surface area contributed by atoms with Gasteiger partial charge in [-0.1, -0.05) is 30.0 Å². The molecule has 0 fully saturated rings. The molecule has 0 spiro atoms. The Morgan fingerprint density at radius 2 is 1.96 bits per heavy atom. The molecule has 0 unspecified atom stereocenters. The monoisotopic (exact) mass is 374 g/mol. The van der Waals surface area contributed by atoms with Crippen LogP contribution in [0.5, 0.6) is 5.75 Å². The number of thioether (sulfide) groups is 1. The number of nitrogens with zero attached hydrogens (tertiary/aromatic N) is 1. The fraction of sp³-hybridized carbons (Fsp3) is 0.158. The van der Waals surface area contributed by atoms with Gasteiger partial charge in [0.25, 0.3) is 11.7 Å². The molecule has 134 valence electrons. The predicted molar refractivity (Wildman–Crippen MR) is 98.1 cm³/mol. The summed E-state index contributed by atoms with van der Waals surface area (Å²) >= 11 is 0.421. The number of anilines is 1. The summed E-state index contributed by atoms with van der Waals surface area (Å²) in [5, 5.41) is 11.9. The molecule has 26 heavy (non-hydrogen) atoms. The molecule has 4 nitrogen and oxygen atoms in total. The van der Waals surface area contributed by atoms with Crippen LogP contribution in [-0.4, -0.2) is 18.3 Å². The summed E-state index contributed by atoms with van der Waals surface area (Å²) in [6.07, 6.45) is 1.45. The Kier molecular flexibility index (Phi) is 7.18. The molecule has 1 amide bonds. The molecule has 7 heteroatoms. The number of alkyl halides is 2. The molecule has 0 aliphatic rings. The molecule has 2 aromatic carbocycles. The number of rotatable bonds is 7. The van der Waals surface area contributed by atoms with Crippen molar-refractivity contribution in [1.82, 2.24) is 0 Å². The molecule has 0 aliphatic heterocycles. The van der Waals surface area contributed by atoms with E-state index in [1.807, 2.05) is 13.0 Å². The molecule has 0 saturated carbocycles. The quantitative estimate of drug-likeness (QED) is 0.423. The number of amides is 1. The number of halogens is 2. The van der Waals surface area contributed by atoms with Crippen molar-refractivity contribution in [3.63, 3.8) is 0 Å². The number of nitrogens with one attached hydrogen (secondary N) is 1. The minimum Gasteiger partial charge on any atom is -0.493 e. The van der Waals surface area contributed by atoms with Gasteiger partial charge in [-0.15, -0.1) is 0 Å². The Labute approximate surface area is 154 Å². The first kappa shape index (κ1) is 19.5. The third-order valence-electron chi connectivity index (χ3n) is 3.22. The van der Waals surface area contributed by atoms with Crippen molar-refractivity contribution in [2.24, 2.45) is 0 Å². The average molecular weight is 374 g/mol. The van der Waals surface area contributed by atoms with E-state index in [9.17, 15) is 18.8 Å². The van der Waals surface area contributed by atoms with E-state index in [0.29, 0.717) is 40.3 Å². The van der Waals surface area contributed by atoms with Crippen LogP contribution < -0.4 is 10.1 Å². The van der Waals surface area contributed by atoms with E-state index in [-0.39, 0.29) is 5.57 Å². The minimum atomic E-state index is -2.51. The van der Waals surface area contributed by atoms with Crippen LogP contribution in [0.2, 0.25) is 0 Å². The smallest absolute Gasteiger partial charge is 0.288 e. The van der Waals surface area contributed by atoms with E-state index in [1.165, 1.54) is 30.3 Å². The van der Waals surface area contributed by atoms with Crippen LogP contribution in [-0.2, 0) is 4.79 Å². The third-order valence-corrected chi connectivity index (χ3v) is 3.94. The number of hydrogen-bond donors (Lipinski definition) is 1. The van der Waals surface area contributed by atoms with Crippen molar-refractivity contribution in [2.45, 2.75) is 17.6 Å². The van der Waals surface area contributed by atoms with Crippen LogP contribution in [0, 0.1) is 11.3 Å². The average Bonchev–Trinajstić information content (AvgIpc) is 2.62. The summed E-state index contributed by atoms with van der Waals surface area (Å²) in [7, 11) is 0. The molecule has 0 atom stereocenters. The minimum absolute atomic E-state index is 0.0943. The lowest BCUT2D eigenvalue weighted by Gasteiger charge is -2.08. The first-order chi connectivity index (χ1) is 12.5. The van der Waals surface area contributed by atoms with Gasteiger partial charge in [0.05, 0.1) is 6.61 Å². The first-order valence-corrected chi connectivity index (χ1v) is 8.61. The zero-order chi connectivity index (χ0) is 18.9. The van der Waals surface area contributed by atoms with Gasteiger partial charge in [-0.05, 0) is 43.3 Å². The number of para-hydroxylation sites is 1. The Morgan fingerprint density at radius 3 is 2.58 bits per heavy atom. The standard InChI is InChI=1S/C19H16F2N2O2S/c1-2-25-17-6-4-3-5-13(17)11-14(12-22)18(24)23-15-7-9-16(10-8-15)26-19(20)21/h3-11,19H,2H2,1H3,(H,23,24)/b14-11+. The molecule has 2 aromatic rings. The maximum absolute atomic E-state index is 12.3. The van der Waals surface area contributed by atoms with Gasteiger partial charge in [0.1, 0.15) is 17.4 Å². The van der Waals surface area contributed by atoms with Crippen molar-refractivity contribution in [2.75, 3.05) is 11.9 Å². The van der Waals surface area contributed by atoms with Crippen LogP contribution in [0.25, 0.3) is 6.08 Å². The molecule has 2 rings (SSSR count). The highest BCUT2D eigenvalue weighted by molar-refractivity contribution is 7.99. The summed E-state index contributed by atoms with van der Waals surface area (Å²) in [5.74, 6) is -2.52. The van der Waals surface area contributed by atoms with Gasteiger partial charge in [0.2, 0.25) is 0 Å². The molecule has 1 N–H and O–H groups in total. The number of benzene rings is 2. The zero-order valence-corrected chi connectivity index (χ0v) is 14.7. The van der Waals surface area contributed by atoms with Crippen molar-refractivity contribution in [3.8, 4) is 11.8 Å². The Morgan fingerprint density at radius 1 is 1.27 bits per heavy atom. The molecular formula is C19H16F2N2O2S. The van der Waals surface area contributed by atoms with E-state index in [2.05, 4.69) is 5.32 Å². The Hall–Kier alpha value is -2.85. The Balaban J connectivity index is 2.15. The highest BCUT2D eigenvalue weighted by atomic mass is 32.2. The lowest BCUT2D eigenvalue weighted by Crippen LogP contribution is -2.13. The topological polar surface area (TPSA) is 62.1 Å². The van der Waals surface area contributed by atoms with E-state index >= 15 is 0 Å². The lowest BCUT2D eigenvalue weighted by atomic mass is 10.1. The summed E-state index contributed by atoms with van der Waals surface area (Å²) in [6, 6.07) is 14.9. The fourth-order valence-corrected chi connectivity index (χ4v) is 2.61. The van der Waals surface area contributed by atoms with E-state index in [0.717, 1.165) is 0 Å². The predicted octanol–water partition coefficient (Wildman–Crippen LogP) is 4.95. The van der Waals surface area contributed by atoms with Crippen LogP contribution >= 0.6 is 11.8 Å². The molecule has 0 saturated heterocycles. The van der Waals surface area contributed by atoms with E-state index < -0.39 is 11.7 Å². The lowest BCUT2D eigenvalue weighted by molar-refractivity contribution is -0.112. The number of carbonyl (C=O) groups is 1. The largest absolute Gasteiger partial charge is 0.493 e. The third kappa shape index (κ3) is 5.60. The second kappa shape index (κ2) is 9.59. The van der Waals surface area contributed by atoms with Crippen LogP contribution in [0.3, 0.4) is 0 Å². The highest BCUT2D eigenvalue weighted by Crippen LogP contribution is 2.26. The van der Waals surface area contributed by atoms with Crippen molar-refractivity contribution >= 4 is 29.4 Å². The second-order valence-corrected chi connectivity index (χ2v) is 6.06. The number of carbonyl (C=O) groups excluding carboxylic acids is 1. The molecule has 0 heterocycles. The van der Waals surface area contributed by atoms with Gasteiger partial charge in [0, 0.05) is 16.1 Å². The van der Waals surface area contributed by atoms with E-state index in [1.54, 1.807) is 24.3 Å². The van der Waals surface area contributed by atoms with Crippen molar-refractivity contribution in [3.05, 3.63) is 59.7 Å². The molecule has 0 aliphatic carbocycles. The maximum atomic E-state index is 12.3. The van der Waals surface area contributed by atoms with Crippen LogP contribution in [0.15, 0.2) is 59.0 Å². The fourth-order valence-electron chi connectivity index (χ4n) is 2.11. The molecule has 0 bridgehead atoms. The maximum Gasteiger partial charge on any atom is 0.288 e. The van der Waals surface area contributed by atoms with Gasteiger partial charge in [-0.3, -0.25) is 4.79 Å². The molecule has 0 radical (unpaired) electrons. The summed E-state index contributed by atoms with van der Waals surface area (Å²) in [6.45, 7) is 2.30. The van der Waals surface area contributed by atoms with Gasteiger partial charge < -0.3 is 10.1 Å². The van der Waals surface area contributed by atoms with E-state index in [4.69, 9.17) is 4.74 Å².